The Labute approximate surface area is 94.9 Å². The lowest BCUT2D eigenvalue weighted by atomic mass is 10.0. The van der Waals surface area contributed by atoms with Gasteiger partial charge in [-0.15, -0.1) is 0 Å². The van der Waals surface area contributed by atoms with E-state index in [2.05, 4.69) is 23.3 Å². The fourth-order valence-corrected chi connectivity index (χ4v) is 2.47. The SMILES string of the molecule is Cn1nccc1-c1ccc2c(c1)CCC2N. The molecule has 1 aliphatic carbocycles. The van der Waals surface area contributed by atoms with Gasteiger partial charge in [0, 0.05) is 24.8 Å². The largest absolute Gasteiger partial charge is 0.324 e. The maximum absolute atomic E-state index is 6.03. The topological polar surface area (TPSA) is 43.8 Å². The van der Waals surface area contributed by atoms with E-state index in [4.69, 9.17) is 5.73 Å². The minimum Gasteiger partial charge on any atom is -0.324 e. The van der Waals surface area contributed by atoms with E-state index in [1.165, 1.54) is 16.7 Å². The Morgan fingerprint density at radius 1 is 1.38 bits per heavy atom. The third-order valence-electron chi connectivity index (χ3n) is 3.38. The second-order valence-corrected chi connectivity index (χ2v) is 4.40. The number of rotatable bonds is 1. The van der Waals surface area contributed by atoms with E-state index >= 15 is 0 Å². The van der Waals surface area contributed by atoms with Crippen LogP contribution in [0.15, 0.2) is 30.5 Å². The van der Waals surface area contributed by atoms with E-state index in [0.717, 1.165) is 18.5 Å². The number of hydrogen-bond donors (Lipinski definition) is 1. The van der Waals surface area contributed by atoms with Crippen molar-refractivity contribution in [1.29, 1.82) is 0 Å². The number of fused-ring (bicyclic) bond motifs is 1. The zero-order chi connectivity index (χ0) is 11.1. The van der Waals surface area contributed by atoms with Gasteiger partial charge < -0.3 is 5.73 Å². The highest BCUT2D eigenvalue weighted by atomic mass is 15.2. The van der Waals surface area contributed by atoms with Crippen LogP contribution in [0.1, 0.15) is 23.6 Å². The van der Waals surface area contributed by atoms with Gasteiger partial charge in [-0.2, -0.15) is 5.10 Å². The molecule has 3 rings (SSSR count). The first kappa shape index (κ1) is 9.60. The molecule has 0 saturated carbocycles. The average Bonchev–Trinajstić information content (AvgIpc) is 2.86. The third-order valence-corrected chi connectivity index (χ3v) is 3.38. The Morgan fingerprint density at radius 2 is 2.25 bits per heavy atom. The van der Waals surface area contributed by atoms with Crippen LogP contribution in [0.4, 0.5) is 0 Å². The lowest BCUT2D eigenvalue weighted by molar-refractivity contribution is 0.713. The highest BCUT2D eigenvalue weighted by molar-refractivity contribution is 5.62. The van der Waals surface area contributed by atoms with Crippen LogP contribution < -0.4 is 5.73 Å². The summed E-state index contributed by atoms with van der Waals surface area (Å²) in [7, 11) is 1.97. The normalized spacial score (nSPS) is 18.8. The van der Waals surface area contributed by atoms with Crippen molar-refractivity contribution in [3.05, 3.63) is 41.6 Å². The fraction of sp³-hybridized carbons (Fsp3) is 0.308. The molecule has 16 heavy (non-hydrogen) atoms. The van der Waals surface area contributed by atoms with Gasteiger partial charge in [0.1, 0.15) is 0 Å². The molecule has 0 saturated heterocycles. The monoisotopic (exact) mass is 213 g/mol. The average molecular weight is 213 g/mol. The summed E-state index contributed by atoms with van der Waals surface area (Å²) in [6, 6.07) is 8.82. The van der Waals surface area contributed by atoms with Crippen LogP contribution >= 0.6 is 0 Å². The van der Waals surface area contributed by atoms with Crippen LogP contribution in [-0.4, -0.2) is 9.78 Å². The van der Waals surface area contributed by atoms with Crippen molar-refractivity contribution in [1.82, 2.24) is 9.78 Å². The summed E-state index contributed by atoms with van der Waals surface area (Å²) >= 11 is 0. The van der Waals surface area contributed by atoms with Gasteiger partial charge in [-0.3, -0.25) is 4.68 Å². The molecule has 0 bridgehead atoms. The first-order chi connectivity index (χ1) is 7.75. The molecule has 0 fully saturated rings. The molecule has 1 aromatic heterocycles. The number of hydrogen-bond acceptors (Lipinski definition) is 2. The lowest BCUT2D eigenvalue weighted by Gasteiger charge is -2.07. The van der Waals surface area contributed by atoms with Gasteiger partial charge in [0.2, 0.25) is 0 Å². The van der Waals surface area contributed by atoms with E-state index < -0.39 is 0 Å². The molecular weight excluding hydrogens is 198 g/mol. The zero-order valence-corrected chi connectivity index (χ0v) is 9.35. The van der Waals surface area contributed by atoms with Crippen LogP contribution in [0, 0.1) is 0 Å². The Morgan fingerprint density at radius 3 is 3.00 bits per heavy atom. The predicted octanol–water partition coefficient (Wildman–Crippen LogP) is 2.03. The van der Waals surface area contributed by atoms with Crippen molar-refractivity contribution in [3.63, 3.8) is 0 Å². The molecule has 1 heterocycles. The van der Waals surface area contributed by atoms with Gasteiger partial charge in [-0.1, -0.05) is 12.1 Å². The molecule has 1 aromatic carbocycles. The maximum Gasteiger partial charge on any atom is 0.0678 e. The molecule has 1 aliphatic rings. The van der Waals surface area contributed by atoms with Gasteiger partial charge in [0.05, 0.1) is 5.69 Å². The van der Waals surface area contributed by atoms with Crippen molar-refractivity contribution in [2.45, 2.75) is 18.9 Å². The summed E-state index contributed by atoms with van der Waals surface area (Å²) in [4.78, 5) is 0. The number of nitrogens with two attached hydrogens (primary N) is 1. The Balaban J connectivity index is 2.09. The quantitative estimate of drug-likeness (QED) is 0.787. The molecule has 1 atom stereocenters. The lowest BCUT2D eigenvalue weighted by Crippen LogP contribution is -2.04. The summed E-state index contributed by atoms with van der Waals surface area (Å²) in [5, 5.41) is 4.19. The van der Waals surface area contributed by atoms with Crippen LogP contribution in [0.25, 0.3) is 11.3 Å². The number of aryl methyl sites for hydroxylation is 2. The molecule has 3 heteroatoms. The second-order valence-electron chi connectivity index (χ2n) is 4.40. The summed E-state index contributed by atoms with van der Waals surface area (Å²) in [5.41, 5.74) is 11.1. The van der Waals surface area contributed by atoms with Crippen molar-refractivity contribution >= 4 is 0 Å². The van der Waals surface area contributed by atoms with Gasteiger partial charge in [-0.05, 0) is 36.1 Å². The van der Waals surface area contributed by atoms with Crippen LogP contribution in [0.2, 0.25) is 0 Å². The molecule has 0 amide bonds. The Kier molecular flexibility index (Phi) is 2.07. The molecule has 0 radical (unpaired) electrons. The second kappa shape index (κ2) is 3.46. The summed E-state index contributed by atoms with van der Waals surface area (Å²) in [5.74, 6) is 0. The van der Waals surface area contributed by atoms with E-state index in [1.807, 2.05) is 24.0 Å². The highest BCUT2D eigenvalue weighted by Gasteiger charge is 2.19. The van der Waals surface area contributed by atoms with Gasteiger partial charge >= 0.3 is 0 Å². The van der Waals surface area contributed by atoms with Crippen molar-refractivity contribution in [2.75, 3.05) is 0 Å². The minimum atomic E-state index is 0.232. The van der Waals surface area contributed by atoms with Gasteiger partial charge in [-0.25, -0.2) is 0 Å². The summed E-state index contributed by atoms with van der Waals surface area (Å²) in [6.07, 6.45) is 4.00. The van der Waals surface area contributed by atoms with E-state index in [-0.39, 0.29) is 6.04 Å². The Hall–Kier alpha value is -1.61. The first-order valence-corrected chi connectivity index (χ1v) is 5.62. The summed E-state index contributed by atoms with van der Waals surface area (Å²) in [6.45, 7) is 0. The van der Waals surface area contributed by atoms with Crippen LogP contribution in [0.5, 0.6) is 0 Å². The predicted molar refractivity (Wildman–Crippen MR) is 63.9 cm³/mol. The molecule has 0 spiro atoms. The highest BCUT2D eigenvalue weighted by Crippen LogP contribution is 2.32. The minimum absolute atomic E-state index is 0.232. The third kappa shape index (κ3) is 1.36. The molecule has 0 aliphatic heterocycles. The van der Waals surface area contributed by atoms with Gasteiger partial charge in [0.15, 0.2) is 0 Å². The van der Waals surface area contributed by atoms with E-state index in [9.17, 15) is 0 Å². The van der Waals surface area contributed by atoms with Crippen molar-refractivity contribution < 1.29 is 0 Å². The van der Waals surface area contributed by atoms with Crippen LogP contribution in [-0.2, 0) is 13.5 Å². The van der Waals surface area contributed by atoms with Gasteiger partial charge in [0.25, 0.3) is 0 Å². The molecule has 3 nitrogen and oxygen atoms in total. The number of aromatic nitrogens is 2. The maximum atomic E-state index is 6.03. The number of benzene rings is 1. The molecule has 1 unspecified atom stereocenters. The smallest absolute Gasteiger partial charge is 0.0678 e. The Bertz CT molecular complexity index is 528. The van der Waals surface area contributed by atoms with E-state index in [0.29, 0.717) is 0 Å². The molecule has 82 valence electrons. The molecular formula is C13H15N3. The van der Waals surface area contributed by atoms with Crippen molar-refractivity contribution in [3.8, 4) is 11.3 Å². The standard InChI is InChI=1S/C13H15N3/c1-16-13(6-7-15-16)10-2-4-11-9(8-10)3-5-12(11)14/h2,4,6-8,12H,3,5,14H2,1H3. The first-order valence-electron chi connectivity index (χ1n) is 5.62. The van der Waals surface area contributed by atoms with Crippen LogP contribution in [0.3, 0.4) is 0 Å². The van der Waals surface area contributed by atoms with Crippen molar-refractivity contribution in [2.24, 2.45) is 12.8 Å². The van der Waals surface area contributed by atoms with E-state index in [1.54, 1.807) is 0 Å². The fourth-order valence-electron chi connectivity index (χ4n) is 2.47. The molecule has 2 N–H and O–H groups in total. The molecule has 2 aromatic rings. The summed E-state index contributed by atoms with van der Waals surface area (Å²) < 4.78 is 1.90. The zero-order valence-electron chi connectivity index (χ0n) is 9.35. The number of nitrogens with zero attached hydrogens (tertiary/aromatic N) is 2.